The molecule has 1 heterocycles. The van der Waals surface area contributed by atoms with Crippen LogP contribution >= 0.6 is 11.8 Å². The van der Waals surface area contributed by atoms with E-state index in [-0.39, 0.29) is 0 Å². The van der Waals surface area contributed by atoms with Crippen LogP contribution in [0.2, 0.25) is 0 Å². The molecule has 2 rings (SSSR count). The summed E-state index contributed by atoms with van der Waals surface area (Å²) in [6.45, 7) is 4.57. The Morgan fingerprint density at radius 3 is 2.67 bits per heavy atom. The van der Waals surface area contributed by atoms with E-state index in [0.29, 0.717) is 12.2 Å². The van der Waals surface area contributed by atoms with Gasteiger partial charge in [-0.3, -0.25) is 0 Å². The molecule has 5 heteroatoms. The summed E-state index contributed by atoms with van der Waals surface area (Å²) in [4.78, 5) is 8.77. The molecule has 4 nitrogen and oxygen atoms in total. The van der Waals surface area contributed by atoms with Crippen molar-refractivity contribution in [2.75, 3.05) is 12.4 Å². The molecule has 0 fully saturated rings. The van der Waals surface area contributed by atoms with Crippen LogP contribution in [0.4, 0.5) is 0 Å². The Balaban J connectivity index is 1.73. The van der Waals surface area contributed by atoms with E-state index >= 15 is 0 Å². The Bertz CT molecular complexity index is 632. The van der Waals surface area contributed by atoms with Gasteiger partial charge in [0.25, 0.3) is 0 Å². The highest BCUT2D eigenvalue weighted by Gasteiger charge is 2.01. The van der Waals surface area contributed by atoms with Crippen molar-refractivity contribution in [3.8, 4) is 11.8 Å². The maximum absolute atomic E-state index is 8.82. The van der Waals surface area contributed by atoms with E-state index in [2.05, 4.69) is 16.0 Å². The minimum Gasteiger partial charge on any atom is -0.494 e. The van der Waals surface area contributed by atoms with Crippen LogP contribution in [0.1, 0.15) is 23.4 Å². The molecule has 0 aliphatic rings. The van der Waals surface area contributed by atoms with Gasteiger partial charge in [-0.1, -0.05) is 17.8 Å². The molecule has 0 aliphatic heterocycles. The van der Waals surface area contributed by atoms with Crippen LogP contribution in [0.25, 0.3) is 0 Å². The van der Waals surface area contributed by atoms with Crippen LogP contribution < -0.4 is 4.74 Å². The van der Waals surface area contributed by atoms with Crippen molar-refractivity contribution in [1.29, 1.82) is 5.26 Å². The van der Waals surface area contributed by atoms with Crippen molar-refractivity contribution in [3.63, 3.8) is 0 Å². The molecule has 0 aliphatic carbocycles. The predicted molar refractivity (Wildman–Crippen MR) is 83.5 cm³/mol. The van der Waals surface area contributed by atoms with E-state index in [1.807, 2.05) is 32.0 Å². The zero-order valence-corrected chi connectivity index (χ0v) is 13.0. The quantitative estimate of drug-likeness (QED) is 0.464. The third kappa shape index (κ3) is 5.09. The number of hydrogen-bond donors (Lipinski definition) is 0. The van der Waals surface area contributed by atoms with Gasteiger partial charge in [0, 0.05) is 17.1 Å². The average Bonchev–Trinajstić information content (AvgIpc) is 2.46. The fourth-order valence-electron chi connectivity index (χ4n) is 1.83. The molecule has 108 valence electrons. The molecule has 0 spiro atoms. The first-order chi connectivity index (χ1) is 10.2. The summed E-state index contributed by atoms with van der Waals surface area (Å²) in [6.07, 6.45) is 0.901. The second-order valence-electron chi connectivity index (χ2n) is 4.62. The molecule has 0 unspecified atom stereocenters. The largest absolute Gasteiger partial charge is 0.494 e. The topological polar surface area (TPSA) is 58.8 Å². The zero-order valence-electron chi connectivity index (χ0n) is 12.2. The van der Waals surface area contributed by atoms with Gasteiger partial charge >= 0.3 is 0 Å². The third-order valence-corrected chi connectivity index (χ3v) is 3.65. The number of aryl methyl sites for hydroxylation is 2. The molecule has 21 heavy (non-hydrogen) atoms. The normalized spacial score (nSPS) is 10.1. The molecule has 0 saturated carbocycles. The Labute approximate surface area is 129 Å². The summed E-state index contributed by atoms with van der Waals surface area (Å²) in [7, 11) is 0. The van der Waals surface area contributed by atoms with Gasteiger partial charge in [0.2, 0.25) is 0 Å². The molecule has 0 atom stereocenters. The number of nitriles is 1. The maximum atomic E-state index is 8.82. The molecule has 0 N–H and O–H groups in total. The van der Waals surface area contributed by atoms with Crippen molar-refractivity contribution in [3.05, 3.63) is 47.3 Å². The van der Waals surface area contributed by atoms with Gasteiger partial charge in [0.1, 0.15) is 5.75 Å². The second kappa shape index (κ2) is 7.65. The molecule has 0 radical (unpaired) electrons. The number of benzene rings is 1. The SMILES string of the molecule is Cc1cc(C)nc(SCCCOc2cccc(C#N)c2)n1. The van der Waals surface area contributed by atoms with Gasteiger partial charge in [0.15, 0.2) is 5.16 Å². The molecule has 1 aromatic carbocycles. The minimum absolute atomic E-state index is 0.616. The van der Waals surface area contributed by atoms with Crippen molar-refractivity contribution in [1.82, 2.24) is 9.97 Å². The lowest BCUT2D eigenvalue weighted by atomic mass is 10.2. The molecular formula is C16H17N3OS. The monoisotopic (exact) mass is 299 g/mol. The molecule has 0 amide bonds. The zero-order chi connectivity index (χ0) is 15.1. The van der Waals surface area contributed by atoms with E-state index in [1.165, 1.54) is 0 Å². The van der Waals surface area contributed by atoms with Gasteiger partial charge in [-0.25, -0.2) is 9.97 Å². The van der Waals surface area contributed by atoms with E-state index in [4.69, 9.17) is 10.00 Å². The van der Waals surface area contributed by atoms with Crippen LogP contribution in [-0.4, -0.2) is 22.3 Å². The minimum atomic E-state index is 0.616. The molecule has 0 bridgehead atoms. The lowest BCUT2D eigenvalue weighted by Crippen LogP contribution is -2.00. The lowest BCUT2D eigenvalue weighted by Gasteiger charge is -2.06. The van der Waals surface area contributed by atoms with E-state index in [1.54, 1.807) is 23.9 Å². The summed E-state index contributed by atoms with van der Waals surface area (Å²) >= 11 is 1.64. The van der Waals surface area contributed by atoms with Crippen LogP contribution in [0.3, 0.4) is 0 Å². The van der Waals surface area contributed by atoms with Gasteiger partial charge in [-0.2, -0.15) is 5.26 Å². The number of ether oxygens (including phenoxy) is 1. The Kier molecular flexibility index (Phi) is 5.59. The van der Waals surface area contributed by atoms with Crippen molar-refractivity contribution in [2.24, 2.45) is 0 Å². The van der Waals surface area contributed by atoms with Gasteiger partial charge < -0.3 is 4.74 Å². The fraction of sp³-hybridized carbons (Fsp3) is 0.312. The summed E-state index contributed by atoms with van der Waals surface area (Å²) < 4.78 is 5.63. The van der Waals surface area contributed by atoms with Crippen LogP contribution in [-0.2, 0) is 0 Å². The highest BCUT2D eigenvalue weighted by atomic mass is 32.2. The lowest BCUT2D eigenvalue weighted by molar-refractivity contribution is 0.318. The highest BCUT2D eigenvalue weighted by Crippen LogP contribution is 2.16. The summed E-state index contributed by atoms with van der Waals surface area (Å²) in [5.41, 5.74) is 2.61. The number of thioether (sulfide) groups is 1. The molecule has 1 aromatic heterocycles. The highest BCUT2D eigenvalue weighted by molar-refractivity contribution is 7.99. The van der Waals surface area contributed by atoms with Crippen LogP contribution in [0.5, 0.6) is 5.75 Å². The van der Waals surface area contributed by atoms with Crippen LogP contribution in [0, 0.1) is 25.2 Å². The van der Waals surface area contributed by atoms with Crippen molar-refractivity contribution >= 4 is 11.8 Å². The first-order valence-corrected chi connectivity index (χ1v) is 7.74. The predicted octanol–water partition coefficient (Wildman–Crippen LogP) is 3.53. The first kappa shape index (κ1) is 15.3. The van der Waals surface area contributed by atoms with Crippen molar-refractivity contribution in [2.45, 2.75) is 25.4 Å². The fourth-order valence-corrected chi connectivity index (χ4v) is 2.69. The second-order valence-corrected chi connectivity index (χ2v) is 5.69. The first-order valence-electron chi connectivity index (χ1n) is 6.75. The van der Waals surface area contributed by atoms with Gasteiger partial charge in [0.05, 0.1) is 18.2 Å². The maximum Gasteiger partial charge on any atom is 0.187 e. The molecular weight excluding hydrogens is 282 g/mol. The van der Waals surface area contributed by atoms with E-state index in [9.17, 15) is 0 Å². The average molecular weight is 299 g/mol. The smallest absolute Gasteiger partial charge is 0.187 e. The van der Waals surface area contributed by atoms with Crippen LogP contribution in [0.15, 0.2) is 35.5 Å². The van der Waals surface area contributed by atoms with E-state index < -0.39 is 0 Å². The van der Waals surface area contributed by atoms with E-state index in [0.717, 1.165) is 34.5 Å². The Morgan fingerprint density at radius 1 is 1.19 bits per heavy atom. The molecule has 2 aromatic rings. The van der Waals surface area contributed by atoms with Gasteiger partial charge in [-0.15, -0.1) is 0 Å². The number of rotatable bonds is 6. The molecule has 0 saturated heterocycles. The van der Waals surface area contributed by atoms with Crippen molar-refractivity contribution < 1.29 is 4.74 Å². The Hall–Kier alpha value is -2.06. The number of nitrogens with zero attached hydrogens (tertiary/aromatic N) is 3. The summed E-state index contributed by atoms with van der Waals surface area (Å²) in [6, 6.07) is 11.3. The Morgan fingerprint density at radius 2 is 1.95 bits per heavy atom. The summed E-state index contributed by atoms with van der Waals surface area (Å²) in [5.74, 6) is 1.64. The number of hydrogen-bond acceptors (Lipinski definition) is 5. The van der Waals surface area contributed by atoms with Gasteiger partial charge in [-0.05, 0) is 44.5 Å². The summed E-state index contributed by atoms with van der Waals surface area (Å²) in [5, 5.41) is 9.64. The standard InChI is InChI=1S/C16H17N3OS/c1-12-9-13(2)19-16(18-12)21-8-4-7-20-15-6-3-5-14(10-15)11-17/h3,5-6,9-10H,4,7-8H2,1-2H3. The number of aromatic nitrogens is 2. The third-order valence-electron chi connectivity index (χ3n) is 2.71.